The summed E-state index contributed by atoms with van der Waals surface area (Å²) in [6.07, 6.45) is 0.639. The second kappa shape index (κ2) is 9.05. The van der Waals surface area contributed by atoms with Gasteiger partial charge < -0.3 is 5.32 Å². The number of fused-ring (bicyclic) bond motifs is 1. The topological polar surface area (TPSA) is 54.9 Å². The third-order valence-corrected chi connectivity index (χ3v) is 5.57. The van der Waals surface area contributed by atoms with Crippen LogP contribution < -0.4 is 5.32 Å². The lowest BCUT2D eigenvalue weighted by Gasteiger charge is -2.10. The summed E-state index contributed by atoms with van der Waals surface area (Å²) in [5, 5.41) is 3.52. The Kier molecular flexibility index (Phi) is 6.05. The molecule has 0 spiro atoms. The Morgan fingerprint density at radius 2 is 1.60 bits per heavy atom. The van der Waals surface area contributed by atoms with Gasteiger partial charge in [-0.2, -0.15) is 0 Å². The molecule has 3 aromatic carbocycles. The molecule has 0 unspecified atom stereocenters. The van der Waals surface area contributed by atoms with Gasteiger partial charge in [0.05, 0.1) is 22.5 Å². The molecule has 1 N–H and O–H groups in total. The number of benzene rings is 3. The summed E-state index contributed by atoms with van der Waals surface area (Å²) < 4.78 is 13.0. The largest absolute Gasteiger partial charge is 0.325 e. The zero-order valence-electron chi connectivity index (χ0n) is 16.4. The summed E-state index contributed by atoms with van der Waals surface area (Å²) in [5.74, 6) is -0.330. The number of hydrogen-bond donors (Lipinski definition) is 1. The Bertz CT molecular complexity index is 1180. The highest BCUT2D eigenvalue weighted by atomic mass is 32.2. The minimum atomic E-state index is -0.338. The highest BCUT2D eigenvalue weighted by molar-refractivity contribution is 8.00. The number of aromatic nitrogens is 2. The van der Waals surface area contributed by atoms with Crippen LogP contribution in [0.15, 0.2) is 77.8 Å². The first kappa shape index (κ1) is 20.0. The van der Waals surface area contributed by atoms with Gasteiger partial charge in [-0.05, 0) is 48.9 Å². The van der Waals surface area contributed by atoms with Crippen molar-refractivity contribution in [3.05, 3.63) is 95.4 Å². The minimum Gasteiger partial charge on any atom is -0.325 e. The lowest BCUT2D eigenvalue weighted by molar-refractivity contribution is -0.113. The van der Waals surface area contributed by atoms with Crippen LogP contribution in [0.3, 0.4) is 0 Å². The van der Waals surface area contributed by atoms with Crippen molar-refractivity contribution >= 4 is 34.4 Å². The summed E-state index contributed by atoms with van der Waals surface area (Å²) in [7, 11) is 0. The highest BCUT2D eigenvalue weighted by Gasteiger charge is 2.13. The number of carbonyl (C=O) groups is 1. The molecule has 4 aromatic rings. The van der Waals surface area contributed by atoms with Crippen LogP contribution in [0.25, 0.3) is 11.0 Å². The number of anilines is 1. The molecule has 150 valence electrons. The van der Waals surface area contributed by atoms with Crippen molar-refractivity contribution in [1.29, 1.82) is 0 Å². The number of hydrogen-bond acceptors (Lipinski definition) is 4. The second-order valence-electron chi connectivity index (χ2n) is 6.97. The molecule has 0 aliphatic heterocycles. The monoisotopic (exact) mass is 417 g/mol. The number of carbonyl (C=O) groups excluding carboxylic acids is 1. The first-order valence-corrected chi connectivity index (χ1v) is 10.5. The number of amides is 1. The van der Waals surface area contributed by atoms with Gasteiger partial charge >= 0.3 is 0 Å². The Hall–Kier alpha value is -3.25. The zero-order chi connectivity index (χ0) is 20.9. The van der Waals surface area contributed by atoms with Crippen LogP contribution in [-0.2, 0) is 11.2 Å². The van der Waals surface area contributed by atoms with Crippen molar-refractivity contribution in [3.8, 4) is 0 Å². The van der Waals surface area contributed by atoms with Gasteiger partial charge in [0.2, 0.25) is 5.91 Å². The summed E-state index contributed by atoms with van der Waals surface area (Å²) in [6, 6.07) is 21.8. The fraction of sp³-hybridized carbons (Fsp3) is 0.125. The average Bonchev–Trinajstić information content (AvgIpc) is 2.75. The summed E-state index contributed by atoms with van der Waals surface area (Å²) in [5.41, 5.74) is 5.38. The van der Waals surface area contributed by atoms with Crippen LogP contribution in [0.4, 0.5) is 10.1 Å². The quantitative estimate of drug-likeness (QED) is 0.427. The van der Waals surface area contributed by atoms with Gasteiger partial charge in [0, 0.05) is 12.1 Å². The van der Waals surface area contributed by atoms with Crippen LogP contribution in [0.5, 0.6) is 0 Å². The fourth-order valence-electron chi connectivity index (χ4n) is 3.01. The Balaban J connectivity index is 1.54. The first-order chi connectivity index (χ1) is 14.6. The van der Waals surface area contributed by atoms with E-state index in [0.29, 0.717) is 12.1 Å². The van der Waals surface area contributed by atoms with E-state index in [2.05, 4.69) is 36.5 Å². The molecule has 0 radical (unpaired) electrons. The van der Waals surface area contributed by atoms with E-state index in [0.717, 1.165) is 27.3 Å². The van der Waals surface area contributed by atoms with Crippen LogP contribution in [-0.4, -0.2) is 21.6 Å². The molecule has 6 heteroatoms. The summed E-state index contributed by atoms with van der Waals surface area (Å²) >= 11 is 1.36. The van der Waals surface area contributed by atoms with Crippen LogP contribution in [0.2, 0.25) is 0 Å². The summed E-state index contributed by atoms with van der Waals surface area (Å²) in [6.45, 7) is 2.06. The third-order valence-electron chi connectivity index (χ3n) is 4.57. The minimum absolute atomic E-state index is 0.178. The summed E-state index contributed by atoms with van der Waals surface area (Å²) in [4.78, 5) is 21.9. The smallest absolute Gasteiger partial charge is 0.234 e. The molecule has 4 nitrogen and oxygen atoms in total. The first-order valence-electron chi connectivity index (χ1n) is 9.56. The molecule has 0 aliphatic rings. The second-order valence-corrected chi connectivity index (χ2v) is 7.93. The molecule has 0 fully saturated rings. The number of thioether (sulfide) groups is 1. The lowest BCUT2D eigenvalue weighted by Crippen LogP contribution is -2.14. The van der Waals surface area contributed by atoms with E-state index in [1.807, 2.05) is 24.3 Å². The van der Waals surface area contributed by atoms with Crippen molar-refractivity contribution in [1.82, 2.24) is 9.97 Å². The average molecular weight is 418 g/mol. The van der Waals surface area contributed by atoms with E-state index in [4.69, 9.17) is 9.97 Å². The van der Waals surface area contributed by atoms with Crippen LogP contribution in [0, 0.1) is 12.7 Å². The predicted octanol–water partition coefficient (Wildman–Crippen LogP) is 5.40. The van der Waals surface area contributed by atoms with E-state index in [1.54, 1.807) is 0 Å². The molecule has 0 aliphatic carbocycles. The van der Waals surface area contributed by atoms with Gasteiger partial charge in [0.15, 0.2) is 0 Å². The van der Waals surface area contributed by atoms with Gasteiger partial charge in [0.25, 0.3) is 0 Å². The maximum Gasteiger partial charge on any atom is 0.234 e. The van der Waals surface area contributed by atoms with Crippen LogP contribution in [0.1, 0.15) is 16.8 Å². The zero-order valence-corrected chi connectivity index (χ0v) is 17.2. The van der Waals surface area contributed by atoms with Gasteiger partial charge in [-0.25, -0.2) is 14.4 Å². The molecule has 0 saturated carbocycles. The Morgan fingerprint density at radius 3 is 2.30 bits per heavy atom. The molecular formula is C24H20FN3OS. The Labute approximate surface area is 178 Å². The number of nitrogens with zero attached hydrogens (tertiary/aromatic N) is 2. The van der Waals surface area contributed by atoms with E-state index >= 15 is 0 Å². The predicted molar refractivity (Wildman–Crippen MR) is 119 cm³/mol. The molecule has 0 saturated heterocycles. The van der Waals surface area contributed by atoms with Crippen LogP contribution >= 0.6 is 11.8 Å². The van der Waals surface area contributed by atoms with Crippen molar-refractivity contribution in [2.75, 3.05) is 11.1 Å². The van der Waals surface area contributed by atoms with E-state index in [1.165, 1.54) is 41.6 Å². The maximum absolute atomic E-state index is 13.0. The highest BCUT2D eigenvalue weighted by Crippen LogP contribution is 2.25. The number of rotatable bonds is 6. The molecular weight excluding hydrogens is 397 g/mol. The SMILES string of the molecule is Cc1ccc(Cc2nc3ccccc3nc2SCC(=O)Nc2ccc(F)cc2)cc1. The Morgan fingerprint density at radius 1 is 0.933 bits per heavy atom. The van der Waals surface area contributed by atoms with Gasteiger partial charge in [-0.15, -0.1) is 0 Å². The number of aryl methyl sites for hydroxylation is 1. The van der Waals surface area contributed by atoms with Gasteiger partial charge in [-0.1, -0.05) is 53.7 Å². The van der Waals surface area contributed by atoms with E-state index in [9.17, 15) is 9.18 Å². The molecule has 1 amide bonds. The normalized spacial score (nSPS) is 10.9. The number of halogens is 1. The molecule has 1 aromatic heterocycles. The maximum atomic E-state index is 13.0. The molecule has 4 rings (SSSR count). The van der Waals surface area contributed by atoms with Crippen molar-refractivity contribution in [2.24, 2.45) is 0 Å². The van der Waals surface area contributed by atoms with Gasteiger partial charge in [0.1, 0.15) is 10.8 Å². The van der Waals surface area contributed by atoms with E-state index in [-0.39, 0.29) is 17.5 Å². The third kappa shape index (κ3) is 5.02. The molecule has 30 heavy (non-hydrogen) atoms. The fourth-order valence-corrected chi connectivity index (χ4v) is 3.80. The molecule has 0 atom stereocenters. The lowest BCUT2D eigenvalue weighted by atomic mass is 10.1. The molecule has 0 bridgehead atoms. The molecule has 1 heterocycles. The van der Waals surface area contributed by atoms with Crippen molar-refractivity contribution < 1.29 is 9.18 Å². The van der Waals surface area contributed by atoms with E-state index < -0.39 is 0 Å². The number of nitrogens with one attached hydrogen (secondary N) is 1. The van der Waals surface area contributed by atoms with Crippen molar-refractivity contribution in [2.45, 2.75) is 18.4 Å². The van der Waals surface area contributed by atoms with Crippen molar-refractivity contribution in [3.63, 3.8) is 0 Å². The number of para-hydroxylation sites is 2. The van der Waals surface area contributed by atoms with Gasteiger partial charge in [-0.3, -0.25) is 4.79 Å². The standard InChI is InChI=1S/C24H20FN3OS/c1-16-6-8-17(9-7-16)14-22-24(28-21-5-3-2-4-20(21)27-22)30-15-23(29)26-19-12-10-18(25)11-13-19/h2-13H,14-15H2,1H3,(H,26,29).